The lowest BCUT2D eigenvalue weighted by atomic mass is 10.0. The van der Waals surface area contributed by atoms with Gasteiger partial charge >= 0.3 is 0 Å². The van der Waals surface area contributed by atoms with Gasteiger partial charge in [0.2, 0.25) is 5.91 Å². The van der Waals surface area contributed by atoms with E-state index in [9.17, 15) is 4.79 Å². The van der Waals surface area contributed by atoms with Gasteiger partial charge in [-0.05, 0) is 45.2 Å². The van der Waals surface area contributed by atoms with Gasteiger partial charge in [-0.15, -0.1) is 0 Å². The van der Waals surface area contributed by atoms with Crippen LogP contribution in [-0.4, -0.2) is 41.7 Å². The molecule has 0 saturated carbocycles. The van der Waals surface area contributed by atoms with E-state index >= 15 is 0 Å². The van der Waals surface area contributed by atoms with E-state index in [1.54, 1.807) is 0 Å². The molecule has 0 aliphatic rings. The molecule has 4 aromatic rings. The molecule has 4 rings (SSSR count). The Kier molecular flexibility index (Phi) is 9.59. The molecule has 6 heteroatoms. The minimum Gasteiger partial charge on any atom is -0.372 e. The molecule has 38 heavy (non-hydrogen) atoms. The maximum Gasteiger partial charge on any atom is 0.250 e. The fourth-order valence-corrected chi connectivity index (χ4v) is 4.31. The van der Waals surface area contributed by atoms with Crippen molar-refractivity contribution in [3.8, 4) is 22.5 Å². The Bertz CT molecular complexity index is 1310. The molecular weight excluding hydrogens is 472 g/mol. The van der Waals surface area contributed by atoms with E-state index in [1.807, 2.05) is 73.8 Å². The summed E-state index contributed by atoms with van der Waals surface area (Å²) >= 11 is 0. The molecule has 3 aromatic carbocycles. The Morgan fingerprint density at radius 3 is 2.16 bits per heavy atom. The second-order valence-electron chi connectivity index (χ2n) is 9.57. The van der Waals surface area contributed by atoms with E-state index in [-0.39, 0.29) is 18.6 Å². The first-order valence-corrected chi connectivity index (χ1v) is 13.2. The van der Waals surface area contributed by atoms with Crippen LogP contribution in [0.2, 0.25) is 0 Å². The third-order valence-electron chi connectivity index (χ3n) is 6.36. The highest BCUT2D eigenvalue weighted by Gasteiger charge is 2.17. The maximum atomic E-state index is 12.2. The number of amides is 1. The zero-order valence-corrected chi connectivity index (χ0v) is 22.4. The van der Waals surface area contributed by atoms with Gasteiger partial charge in [0.15, 0.2) is 0 Å². The second-order valence-corrected chi connectivity index (χ2v) is 9.57. The number of unbranched alkanes of at least 4 members (excludes halogenated alkanes) is 1. The Balaban J connectivity index is 1.36. The molecule has 0 unspecified atom stereocenters. The van der Waals surface area contributed by atoms with Gasteiger partial charge in [-0.1, -0.05) is 78.9 Å². The molecule has 0 atom stereocenters. The van der Waals surface area contributed by atoms with E-state index in [0.717, 1.165) is 59.0 Å². The van der Waals surface area contributed by atoms with Crippen molar-refractivity contribution in [3.63, 3.8) is 0 Å². The molecule has 0 spiro atoms. The zero-order chi connectivity index (χ0) is 26.7. The number of hydrogen-bond acceptors (Lipinski definition) is 5. The summed E-state index contributed by atoms with van der Waals surface area (Å²) in [5.41, 5.74) is 5.70. The van der Waals surface area contributed by atoms with Gasteiger partial charge < -0.3 is 15.0 Å². The lowest BCUT2D eigenvalue weighted by Gasteiger charge is -2.28. The van der Waals surface area contributed by atoms with Crippen molar-refractivity contribution in [1.82, 2.24) is 9.97 Å². The fraction of sp³-hybridized carbons (Fsp3) is 0.281. The third-order valence-corrected chi connectivity index (χ3v) is 6.36. The van der Waals surface area contributed by atoms with Gasteiger partial charge in [0.05, 0.1) is 17.6 Å². The molecule has 1 N–H and O–H groups in total. The molecular formula is C32H36N4O2. The summed E-state index contributed by atoms with van der Waals surface area (Å²) in [6.07, 6.45) is 3.64. The minimum absolute atomic E-state index is 0.0507. The molecule has 0 saturated heterocycles. The van der Waals surface area contributed by atoms with Crippen LogP contribution in [0.1, 0.15) is 32.3 Å². The summed E-state index contributed by atoms with van der Waals surface area (Å²) in [4.78, 5) is 24.5. The van der Waals surface area contributed by atoms with Crippen molar-refractivity contribution < 1.29 is 9.53 Å². The van der Waals surface area contributed by atoms with Crippen molar-refractivity contribution in [3.05, 3.63) is 96.7 Å². The number of nitrogens with one attached hydrogen (secondary N) is 1. The molecule has 6 nitrogen and oxygen atoms in total. The highest BCUT2D eigenvalue weighted by atomic mass is 16.5. The summed E-state index contributed by atoms with van der Waals surface area (Å²) in [6.45, 7) is 7.71. The SMILES string of the molecule is Cc1ccccc1NC(=O)COCCCCN(c1cnc(-c2ccccc2)c(-c2ccccc2)n1)C(C)C. The molecule has 0 aliphatic carbocycles. The monoisotopic (exact) mass is 508 g/mol. The number of para-hydroxylation sites is 1. The van der Waals surface area contributed by atoms with Crippen molar-refractivity contribution in [2.45, 2.75) is 39.7 Å². The van der Waals surface area contributed by atoms with Crippen molar-refractivity contribution in [1.29, 1.82) is 0 Å². The second kappa shape index (κ2) is 13.5. The molecule has 0 fully saturated rings. The van der Waals surface area contributed by atoms with E-state index in [2.05, 4.69) is 48.3 Å². The average molecular weight is 509 g/mol. The van der Waals surface area contributed by atoms with Crippen LogP contribution in [0.25, 0.3) is 22.5 Å². The predicted molar refractivity (Wildman–Crippen MR) is 155 cm³/mol. The molecule has 196 valence electrons. The van der Waals surface area contributed by atoms with Gasteiger partial charge in [0.25, 0.3) is 0 Å². The first-order valence-electron chi connectivity index (χ1n) is 13.2. The molecule has 1 aromatic heterocycles. The number of anilines is 2. The Labute approximate surface area is 225 Å². The normalized spacial score (nSPS) is 10.9. The Hall–Kier alpha value is -4.03. The molecule has 1 amide bonds. The van der Waals surface area contributed by atoms with Crippen LogP contribution in [0.4, 0.5) is 11.5 Å². The molecule has 0 bridgehead atoms. The third kappa shape index (κ3) is 7.26. The van der Waals surface area contributed by atoms with Gasteiger partial charge in [-0.3, -0.25) is 9.78 Å². The smallest absolute Gasteiger partial charge is 0.250 e. The van der Waals surface area contributed by atoms with Crippen LogP contribution in [-0.2, 0) is 9.53 Å². The van der Waals surface area contributed by atoms with Crippen molar-refractivity contribution in [2.75, 3.05) is 30.0 Å². The topological polar surface area (TPSA) is 67.3 Å². The fourth-order valence-electron chi connectivity index (χ4n) is 4.31. The van der Waals surface area contributed by atoms with Gasteiger partial charge in [0.1, 0.15) is 12.4 Å². The number of benzene rings is 3. The largest absolute Gasteiger partial charge is 0.372 e. The highest BCUT2D eigenvalue weighted by molar-refractivity contribution is 5.92. The predicted octanol–water partition coefficient (Wildman–Crippen LogP) is 6.77. The first kappa shape index (κ1) is 27.0. The van der Waals surface area contributed by atoms with Gasteiger partial charge in [-0.25, -0.2) is 4.98 Å². The van der Waals surface area contributed by atoms with Gasteiger partial charge in [0, 0.05) is 36.0 Å². The number of carbonyl (C=O) groups is 1. The summed E-state index contributed by atoms with van der Waals surface area (Å²) in [6, 6.07) is 28.4. The van der Waals surface area contributed by atoms with Crippen LogP contribution in [0.15, 0.2) is 91.1 Å². The van der Waals surface area contributed by atoms with Crippen molar-refractivity contribution >= 4 is 17.4 Å². The number of aryl methyl sites for hydroxylation is 1. The summed E-state index contributed by atoms with van der Waals surface area (Å²) < 4.78 is 5.64. The summed E-state index contributed by atoms with van der Waals surface area (Å²) in [5, 5.41) is 2.90. The maximum absolute atomic E-state index is 12.2. The lowest BCUT2D eigenvalue weighted by molar-refractivity contribution is -0.120. The molecule has 1 heterocycles. The molecule has 0 radical (unpaired) electrons. The lowest BCUT2D eigenvalue weighted by Crippen LogP contribution is -2.33. The number of rotatable bonds is 12. The summed E-state index contributed by atoms with van der Waals surface area (Å²) in [7, 11) is 0. The number of hydrogen-bond donors (Lipinski definition) is 1. The first-order chi connectivity index (χ1) is 18.5. The summed E-state index contributed by atoms with van der Waals surface area (Å²) in [5.74, 6) is 0.724. The van der Waals surface area contributed by atoms with E-state index in [1.165, 1.54) is 0 Å². The average Bonchev–Trinajstić information content (AvgIpc) is 2.94. The quantitative estimate of drug-likeness (QED) is 0.214. The van der Waals surface area contributed by atoms with Crippen molar-refractivity contribution in [2.24, 2.45) is 0 Å². The van der Waals surface area contributed by atoms with Gasteiger partial charge in [-0.2, -0.15) is 0 Å². The van der Waals surface area contributed by atoms with Crippen LogP contribution in [0.3, 0.4) is 0 Å². The number of carbonyl (C=O) groups excluding carboxylic acids is 1. The number of ether oxygens (including phenoxy) is 1. The van der Waals surface area contributed by atoms with E-state index in [4.69, 9.17) is 14.7 Å². The number of nitrogens with zero attached hydrogens (tertiary/aromatic N) is 3. The highest BCUT2D eigenvalue weighted by Crippen LogP contribution is 2.31. The van der Waals surface area contributed by atoms with Crippen LogP contribution < -0.4 is 10.2 Å². The van der Waals surface area contributed by atoms with E-state index < -0.39 is 0 Å². The number of aromatic nitrogens is 2. The van der Waals surface area contributed by atoms with Crippen LogP contribution >= 0.6 is 0 Å². The Morgan fingerprint density at radius 1 is 0.868 bits per heavy atom. The molecule has 0 aliphatic heterocycles. The Morgan fingerprint density at radius 2 is 1.50 bits per heavy atom. The zero-order valence-electron chi connectivity index (χ0n) is 22.4. The standard InChI is InChI=1S/C32H36N4O2/c1-24(2)36(20-12-13-21-38-23-30(37)34-28-19-11-10-14-25(28)3)29-22-33-31(26-15-6-4-7-16-26)32(35-29)27-17-8-5-9-18-27/h4-11,14-19,22,24H,12-13,20-21,23H2,1-3H3,(H,34,37). The minimum atomic E-state index is -0.134. The van der Waals surface area contributed by atoms with E-state index in [0.29, 0.717) is 6.61 Å². The van der Waals surface area contributed by atoms with Crippen LogP contribution in [0.5, 0.6) is 0 Å². The van der Waals surface area contributed by atoms with Crippen LogP contribution in [0, 0.1) is 6.92 Å².